The van der Waals surface area contributed by atoms with Crippen LogP contribution in [0.25, 0.3) is 16.7 Å². The highest BCUT2D eigenvalue weighted by atomic mass is 14.1. The van der Waals surface area contributed by atoms with Crippen LogP contribution in [-0.2, 0) is 6.42 Å². The second-order valence-electron chi connectivity index (χ2n) is 8.25. The van der Waals surface area contributed by atoms with Crippen molar-refractivity contribution in [2.45, 2.75) is 90.0 Å². The Morgan fingerprint density at radius 2 is 1.24 bits per heavy atom. The summed E-state index contributed by atoms with van der Waals surface area (Å²) in [4.78, 5) is 0. The first kappa shape index (κ1) is 35.0. The molecular formula is C33H52. The number of benzene rings is 2. The minimum atomic E-state index is 0. The van der Waals surface area contributed by atoms with Crippen molar-refractivity contribution < 1.29 is 0 Å². The van der Waals surface area contributed by atoms with E-state index in [0.29, 0.717) is 0 Å². The predicted molar refractivity (Wildman–Crippen MR) is 159 cm³/mol. The van der Waals surface area contributed by atoms with Gasteiger partial charge in [0.25, 0.3) is 0 Å². The highest BCUT2D eigenvalue weighted by Gasteiger charge is 2.03. The van der Waals surface area contributed by atoms with E-state index in [4.69, 9.17) is 0 Å². The van der Waals surface area contributed by atoms with Gasteiger partial charge < -0.3 is 0 Å². The van der Waals surface area contributed by atoms with Crippen LogP contribution in [0, 0.1) is 13.8 Å². The fraction of sp³-hybridized carbons (Fsp3) is 0.394. The molecule has 184 valence electrons. The maximum absolute atomic E-state index is 3.99. The molecule has 0 fully saturated rings. The monoisotopic (exact) mass is 448 g/mol. The van der Waals surface area contributed by atoms with E-state index >= 15 is 0 Å². The van der Waals surface area contributed by atoms with Gasteiger partial charge in [0.15, 0.2) is 0 Å². The molecule has 0 aliphatic carbocycles. The molecule has 0 atom stereocenters. The Hall–Kier alpha value is -2.60. The largest absolute Gasteiger partial charge is 0.0955 e. The van der Waals surface area contributed by atoms with Crippen molar-refractivity contribution in [3.8, 4) is 0 Å². The lowest BCUT2D eigenvalue weighted by molar-refractivity contribution is 1.12. The molecule has 0 amide bonds. The van der Waals surface area contributed by atoms with E-state index in [9.17, 15) is 0 Å². The maximum atomic E-state index is 3.99. The van der Waals surface area contributed by atoms with Gasteiger partial charge in [0.2, 0.25) is 0 Å². The molecule has 0 unspecified atom stereocenters. The lowest BCUT2D eigenvalue weighted by Crippen LogP contribution is -1.91. The van der Waals surface area contributed by atoms with Gasteiger partial charge in [-0.1, -0.05) is 118 Å². The van der Waals surface area contributed by atoms with Gasteiger partial charge in [-0.2, -0.15) is 0 Å². The Morgan fingerprint density at radius 3 is 1.58 bits per heavy atom. The van der Waals surface area contributed by atoms with Crippen molar-refractivity contribution in [1.29, 1.82) is 0 Å². The zero-order chi connectivity index (χ0) is 25.4. The lowest BCUT2D eigenvalue weighted by Gasteiger charge is -2.10. The third-order valence-corrected chi connectivity index (χ3v) is 4.87. The summed E-state index contributed by atoms with van der Waals surface area (Å²) >= 11 is 0. The van der Waals surface area contributed by atoms with Crippen LogP contribution < -0.4 is 0 Å². The van der Waals surface area contributed by atoms with Gasteiger partial charge in [0.05, 0.1) is 0 Å². The van der Waals surface area contributed by atoms with E-state index in [1.54, 1.807) is 0 Å². The summed E-state index contributed by atoms with van der Waals surface area (Å²) in [6.07, 6.45) is 3.13. The average molecular weight is 449 g/mol. The second kappa shape index (κ2) is 18.9. The summed E-state index contributed by atoms with van der Waals surface area (Å²) in [7, 11) is 0. The Labute approximate surface area is 207 Å². The zero-order valence-corrected chi connectivity index (χ0v) is 22.9. The van der Waals surface area contributed by atoms with Crippen molar-refractivity contribution >= 4 is 16.7 Å². The number of hydrogen-bond acceptors (Lipinski definition) is 0. The SMILES string of the molecule is C.C=C(C)c1cc(C)ccc1C.C=C(C)c1ccc(C(=C)C)c(CC)c1.CC.CC=C(C)C. The van der Waals surface area contributed by atoms with Crippen LogP contribution >= 0.6 is 0 Å². The highest BCUT2D eigenvalue weighted by Crippen LogP contribution is 2.22. The van der Waals surface area contributed by atoms with Gasteiger partial charge >= 0.3 is 0 Å². The standard InChI is InChI=1S/C14H18.C11H14.C5H10.C2H6.CH4/c1-6-12-9-13(10(2)3)7-8-14(12)11(4)5;1-8(2)11-7-9(3)5-6-10(11)4;1-4-5(2)3;1-2;/h7-9H,2,4,6H2,1,3,5H3;5-7H,1H2,2-4H3;4H,1-3H3;1-2H3;1H4. The summed E-state index contributed by atoms with van der Waals surface area (Å²) in [6, 6.07) is 12.9. The molecule has 0 aromatic heterocycles. The van der Waals surface area contributed by atoms with E-state index < -0.39 is 0 Å². The molecule has 2 aromatic rings. The molecule has 0 N–H and O–H groups in total. The lowest BCUT2D eigenvalue weighted by atomic mass is 9.96. The molecule has 0 aliphatic heterocycles. The van der Waals surface area contributed by atoms with E-state index in [1.165, 1.54) is 39.0 Å². The van der Waals surface area contributed by atoms with Crippen LogP contribution in [0.2, 0.25) is 0 Å². The predicted octanol–water partition coefficient (Wildman–Crippen LogP) is 11.3. The van der Waals surface area contributed by atoms with Crippen molar-refractivity contribution in [2.24, 2.45) is 0 Å². The number of rotatable bonds is 4. The molecular weight excluding hydrogens is 396 g/mol. The second-order valence-corrected chi connectivity index (χ2v) is 8.25. The van der Waals surface area contributed by atoms with Gasteiger partial charge in [0, 0.05) is 0 Å². The van der Waals surface area contributed by atoms with Crippen LogP contribution in [0.5, 0.6) is 0 Å². The minimum absolute atomic E-state index is 0. The number of hydrogen-bond donors (Lipinski definition) is 0. The normalized spacial score (nSPS) is 8.70. The minimum Gasteiger partial charge on any atom is -0.0955 e. The first-order valence-electron chi connectivity index (χ1n) is 11.7. The molecule has 0 heterocycles. The summed E-state index contributed by atoms with van der Waals surface area (Å²) in [6.45, 7) is 34.6. The molecule has 2 rings (SSSR count). The van der Waals surface area contributed by atoms with Gasteiger partial charge in [0.1, 0.15) is 0 Å². The van der Waals surface area contributed by atoms with E-state index in [2.05, 4.69) is 104 Å². The van der Waals surface area contributed by atoms with Crippen LogP contribution in [0.1, 0.15) is 103 Å². The van der Waals surface area contributed by atoms with Gasteiger partial charge in [-0.3, -0.25) is 0 Å². The average Bonchev–Trinajstić information content (AvgIpc) is 2.76. The van der Waals surface area contributed by atoms with Crippen LogP contribution in [0.4, 0.5) is 0 Å². The van der Waals surface area contributed by atoms with Crippen molar-refractivity contribution in [3.63, 3.8) is 0 Å². The Bertz CT molecular complexity index is 900. The molecule has 0 radical (unpaired) electrons. The topological polar surface area (TPSA) is 0 Å². The summed E-state index contributed by atoms with van der Waals surface area (Å²) in [5.74, 6) is 0. The third-order valence-electron chi connectivity index (χ3n) is 4.87. The van der Waals surface area contributed by atoms with Crippen LogP contribution in [0.3, 0.4) is 0 Å². The molecule has 0 saturated heterocycles. The van der Waals surface area contributed by atoms with Crippen LogP contribution in [0.15, 0.2) is 67.8 Å². The summed E-state index contributed by atoms with van der Waals surface area (Å²) in [5.41, 5.74) is 12.5. The fourth-order valence-electron chi connectivity index (χ4n) is 2.76. The Balaban J connectivity index is -0.000000424. The van der Waals surface area contributed by atoms with Gasteiger partial charge in [-0.15, -0.1) is 0 Å². The molecule has 2 aromatic carbocycles. The molecule has 0 spiro atoms. The van der Waals surface area contributed by atoms with E-state index in [0.717, 1.165) is 23.1 Å². The van der Waals surface area contributed by atoms with Gasteiger partial charge in [-0.25, -0.2) is 0 Å². The Morgan fingerprint density at radius 1 is 0.758 bits per heavy atom. The first-order valence-corrected chi connectivity index (χ1v) is 11.7. The van der Waals surface area contributed by atoms with Crippen molar-refractivity contribution in [1.82, 2.24) is 0 Å². The number of allylic oxidation sites excluding steroid dienone is 5. The molecule has 0 aliphatic rings. The quantitative estimate of drug-likeness (QED) is 0.408. The number of aryl methyl sites for hydroxylation is 3. The van der Waals surface area contributed by atoms with Gasteiger partial charge in [-0.05, 0) is 89.6 Å². The molecule has 0 heteroatoms. The van der Waals surface area contributed by atoms with Crippen molar-refractivity contribution in [3.05, 3.63) is 101 Å². The molecule has 0 saturated carbocycles. The summed E-state index contributed by atoms with van der Waals surface area (Å²) < 4.78 is 0. The fourth-order valence-corrected chi connectivity index (χ4v) is 2.76. The first-order chi connectivity index (χ1) is 14.9. The zero-order valence-electron chi connectivity index (χ0n) is 22.9. The highest BCUT2D eigenvalue weighted by molar-refractivity contribution is 5.69. The molecule has 33 heavy (non-hydrogen) atoms. The third kappa shape index (κ3) is 14.2. The summed E-state index contributed by atoms with van der Waals surface area (Å²) in [5, 5.41) is 0. The van der Waals surface area contributed by atoms with E-state index in [1.807, 2.05) is 34.6 Å². The van der Waals surface area contributed by atoms with E-state index in [-0.39, 0.29) is 7.43 Å². The van der Waals surface area contributed by atoms with Crippen LogP contribution in [-0.4, -0.2) is 0 Å². The van der Waals surface area contributed by atoms with Crippen molar-refractivity contribution in [2.75, 3.05) is 0 Å². The molecule has 0 nitrogen and oxygen atoms in total. The molecule has 0 bridgehead atoms. The smallest absolute Gasteiger partial charge is 0.0201 e. The maximum Gasteiger partial charge on any atom is -0.0201 e. The Kier molecular flexibility index (Phi) is 20.1.